The molecule has 142 valence electrons. The molecule has 2 aromatic carbocycles. The molecule has 0 N–H and O–H groups in total. The zero-order valence-corrected chi connectivity index (χ0v) is 15.6. The summed E-state index contributed by atoms with van der Waals surface area (Å²) in [6.45, 7) is 1.70. The van der Waals surface area contributed by atoms with Gasteiger partial charge in [-0.3, -0.25) is 19.0 Å². The lowest BCUT2D eigenvalue weighted by Crippen LogP contribution is -2.48. The minimum atomic E-state index is -0.774. The molecule has 1 saturated heterocycles. The van der Waals surface area contributed by atoms with E-state index >= 15 is 0 Å². The first-order valence-electron chi connectivity index (χ1n) is 9.00. The molecule has 2 heterocycles. The molecule has 2 amide bonds. The Morgan fingerprint density at radius 2 is 1.75 bits per heavy atom. The van der Waals surface area contributed by atoms with Gasteiger partial charge in [-0.1, -0.05) is 12.1 Å². The lowest BCUT2D eigenvalue weighted by atomic mass is 10.0. The normalized spacial score (nSPS) is 17.2. The molecule has 1 unspecified atom stereocenters. The SMILES string of the molecule is COc1ccc(N2C(=O)CCC(n3c(C)nc4ccccc4c3=O)C2=O)cc1. The summed E-state index contributed by atoms with van der Waals surface area (Å²) in [4.78, 5) is 44.4. The summed E-state index contributed by atoms with van der Waals surface area (Å²) in [5, 5.41) is 0.453. The van der Waals surface area contributed by atoms with Crippen LogP contribution in [0.4, 0.5) is 5.69 Å². The highest BCUT2D eigenvalue weighted by atomic mass is 16.5. The molecule has 7 nitrogen and oxygen atoms in total. The van der Waals surface area contributed by atoms with Crippen LogP contribution in [0.25, 0.3) is 10.9 Å². The van der Waals surface area contributed by atoms with Crippen LogP contribution in [-0.4, -0.2) is 28.5 Å². The van der Waals surface area contributed by atoms with Crippen LogP contribution in [-0.2, 0) is 9.59 Å². The molecule has 1 aliphatic rings. The molecule has 0 radical (unpaired) electrons. The number of methoxy groups -OCH3 is 1. The monoisotopic (exact) mass is 377 g/mol. The average Bonchev–Trinajstić information content (AvgIpc) is 2.70. The molecule has 0 aliphatic carbocycles. The van der Waals surface area contributed by atoms with Gasteiger partial charge in [-0.05, 0) is 49.7 Å². The minimum Gasteiger partial charge on any atom is -0.497 e. The van der Waals surface area contributed by atoms with Gasteiger partial charge in [0.2, 0.25) is 5.91 Å². The average molecular weight is 377 g/mol. The summed E-state index contributed by atoms with van der Waals surface area (Å²) in [5.74, 6) is 0.364. The van der Waals surface area contributed by atoms with Crippen molar-refractivity contribution in [2.75, 3.05) is 12.0 Å². The maximum Gasteiger partial charge on any atom is 0.262 e. The van der Waals surface area contributed by atoms with Crippen molar-refractivity contribution >= 4 is 28.4 Å². The van der Waals surface area contributed by atoms with Crippen LogP contribution >= 0.6 is 0 Å². The number of piperidine rings is 1. The Morgan fingerprint density at radius 1 is 1.04 bits per heavy atom. The van der Waals surface area contributed by atoms with E-state index in [0.29, 0.717) is 28.2 Å². The largest absolute Gasteiger partial charge is 0.497 e. The quantitative estimate of drug-likeness (QED) is 0.656. The number of aryl methyl sites for hydroxylation is 1. The first-order chi connectivity index (χ1) is 13.5. The zero-order chi connectivity index (χ0) is 19.8. The number of carbonyl (C=O) groups is 2. The third-order valence-electron chi connectivity index (χ3n) is 5.01. The van der Waals surface area contributed by atoms with E-state index in [0.717, 1.165) is 4.90 Å². The molecule has 4 rings (SSSR count). The van der Waals surface area contributed by atoms with Gasteiger partial charge in [0.25, 0.3) is 11.5 Å². The van der Waals surface area contributed by atoms with E-state index in [2.05, 4.69) is 4.98 Å². The van der Waals surface area contributed by atoms with Gasteiger partial charge in [-0.15, -0.1) is 0 Å². The highest BCUT2D eigenvalue weighted by molar-refractivity contribution is 6.17. The van der Waals surface area contributed by atoms with E-state index in [1.54, 1.807) is 56.5 Å². The number of hydrogen-bond acceptors (Lipinski definition) is 5. The first kappa shape index (κ1) is 17.9. The van der Waals surface area contributed by atoms with Gasteiger partial charge in [0.05, 0.1) is 23.7 Å². The third-order valence-corrected chi connectivity index (χ3v) is 5.01. The smallest absolute Gasteiger partial charge is 0.262 e. The van der Waals surface area contributed by atoms with Crippen molar-refractivity contribution < 1.29 is 14.3 Å². The summed E-state index contributed by atoms with van der Waals surface area (Å²) >= 11 is 0. The number of carbonyl (C=O) groups excluding carboxylic acids is 2. The molecule has 28 heavy (non-hydrogen) atoms. The maximum atomic E-state index is 13.2. The fraction of sp³-hybridized carbons (Fsp3) is 0.238. The number of imide groups is 1. The summed E-state index contributed by atoms with van der Waals surface area (Å²) in [7, 11) is 1.55. The van der Waals surface area contributed by atoms with Crippen LogP contribution in [0.15, 0.2) is 53.3 Å². The van der Waals surface area contributed by atoms with Crippen LogP contribution in [0.5, 0.6) is 5.75 Å². The minimum absolute atomic E-state index is 0.168. The third kappa shape index (κ3) is 2.85. The molecule has 0 bridgehead atoms. The Labute approximate surface area is 161 Å². The lowest BCUT2D eigenvalue weighted by Gasteiger charge is -2.32. The number of aromatic nitrogens is 2. The number of anilines is 1. The van der Waals surface area contributed by atoms with Crippen molar-refractivity contribution in [3.05, 3.63) is 64.7 Å². The molecular formula is C21H19N3O4. The Balaban J connectivity index is 1.79. The summed E-state index contributed by atoms with van der Waals surface area (Å²) in [5.41, 5.74) is 0.776. The number of rotatable bonds is 3. The summed E-state index contributed by atoms with van der Waals surface area (Å²) in [6.07, 6.45) is 0.437. The number of fused-ring (bicyclic) bond motifs is 1. The molecule has 1 atom stereocenters. The summed E-state index contributed by atoms with van der Waals surface area (Å²) < 4.78 is 6.54. The topological polar surface area (TPSA) is 81.5 Å². The first-order valence-corrected chi connectivity index (χ1v) is 9.00. The highest BCUT2D eigenvalue weighted by Gasteiger charge is 2.37. The Hall–Kier alpha value is -3.48. The van der Waals surface area contributed by atoms with Gasteiger partial charge in [0, 0.05) is 6.42 Å². The standard InChI is InChI=1S/C21H19N3O4/c1-13-22-17-6-4-3-5-16(17)20(26)23(13)18-11-12-19(25)24(21(18)27)14-7-9-15(28-2)10-8-14/h3-10,18H,11-12H2,1-2H3. The van der Waals surface area contributed by atoms with Crippen LogP contribution in [0.1, 0.15) is 24.7 Å². The molecule has 1 fully saturated rings. The molecule has 3 aromatic rings. The molecule has 7 heteroatoms. The van der Waals surface area contributed by atoms with E-state index in [1.807, 2.05) is 6.07 Å². The fourth-order valence-electron chi connectivity index (χ4n) is 3.63. The predicted molar refractivity (Wildman–Crippen MR) is 104 cm³/mol. The van der Waals surface area contributed by atoms with Crippen LogP contribution in [0.3, 0.4) is 0 Å². The van der Waals surface area contributed by atoms with Crippen LogP contribution in [0, 0.1) is 6.92 Å². The van der Waals surface area contributed by atoms with E-state index in [4.69, 9.17) is 4.74 Å². The zero-order valence-electron chi connectivity index (χ0n) is 15.6. The van der Waals surface area contributed by atoms with Crippen molar-refractivity contribution in [2.24, 2.45) is 0 Å². The van der Waals surface area contributed by atoms with Gasteiger partial charge in [0.1, 0.15) is 17.6 Å². The van der Waals surface area contributed by atoms with Crippen molar-refractivity contribution in [2.45, 2.75) is 25.8 Å². The second kappa shape index (κ2) is 6.92. The number of para-hydroxylation sites is 1. The summed E-state index contributed by atoms with van der Waals surface area (Å²) in [6, 6.07) is 13.0. The van der Waals surface area contributed by atoms with Crippen molar-refractivity contribution in [1.82, 2.24) is 9.55 Å². The van der Waals surface area contributed by atoms with E-state index in [9.17, 15) is 14.4 Å². The number of hydrogen-bond donors (Lipinski definition) is 0. The second-order valence-electron chi connectivity index (χ2n) is 6.67. The van der Waals surface area contributed by atoms with Crippen LogP contribution in [0.2, 0.25) is 0 Å². The number of ether oxygens (including phenoxy) is 1. The maximum absolute atomic E-state index is 13.2. The molecule has 0 saturated carbocycles. The molecule has 1 aliphatic heterocycles. The van der Waals surface area contributed by atoms with Gasteiger partial charge < -0.3 is 4.74 Å². The van der Waals surface area contributed by atoms with Crippen LogP contribution < -0.4 is 15.2 Å². The van der Waals surface area contributed by atoms with Crippen molar-refractivity contribution in [3.63, 3.8) is 0 Å². The van der Waals surface area contributed by atoms with Gasteiger partial charge in [0.15, 0.2) is 0 Å². The van der Waals surface area contributed by atoms with Gasteiger partial charge in [-0.2, -0.15) is 0 Å². The Kier molecular flexibility index (Phi) is 4.43. The molecule has 1 aromatic heterocycles. The van der Waals surface area contributed by atoms with E-state index < -0.39 is 11.9 Å². The number of amides is 2. The van der Waals surface area contributed by atoms with Gasteiger partial charge in [-0.25, -0.2) is 9.88 Å². The van der Waals surface area contributed by atoms with Crippen molar-refractivity contribution in [1.29, 1.82) is 0 Å². The fourth-order valence-corrected chi connectivity index (χ4v) is 3.63. The highest BCUT2D eigenvalue weighted by Crippen LogP contribution is 2.29. The Bertz CT molecular complexity index is 1130. The number of nitrogens with zero attached hydrogens (tertiary/aromatic N) is 3. The van der Waals surface area contributed by atoms with E-state index in [1.165, 1.54) is 4.57 Å². The van der Waals surface area contributed by atoms with Gasteiger partial charge >= 0.3 is 0 Å². The lowest BCUT2D eigenvalue weighted by molar-refractivity contribution is -0.131. The number of benzene rings is 2. The molecular weight excluding hydrogens is 358 g/mol. The Morgan fingerprint density at radius 3 is 2.46 bits per heavy atom. The predicted octanol–water partition coefficient (Wildman–Crippen LogP) is 2.61. The van der Waals surface area contributed by atoms with Crippen molar-refractivity contribution in [3.8, 4) is 5.75 Å². The molecule has 0 spiro atoms. The van der Waals surface area contributed by atoms with E-state index in [-0.39, 0.29) is 24.3 Å². The second-order valence-corrected chi connectivity index (χ2v) is 6.67.